The fraction of sp³-hybridized carbons (Fsp3) is 0.710. The van der Waals surface area contributed by atoms with Gasteiger partial charge in [-0.2, -0.15) is 0 Å². The SMILES string of the molecule is COc1c(C(C)C)cc(NCC(=O)O[C@@H]2CC[C@]3(CO3)[C@@H]([C@@]3(C)O[C@@H]3CC=C(C)C)[C@@H]2OC)cc1C(C)C. The lowest BCUT2D eigenvalue weighted by atomic mass is 9.68. The number of benzene rings is 1. The van der Waals surface area contributed by atoms with Crippen molar-refractivity contribution in [3.8, 4) is 5.75 Å². The number of ether oxygens (including phenoxy) is 5. The van der Waals surface area contributed by atoms with Crippen molar-refractivity contribution in [3.05, 3.63) is 34.9 Å². The fourth-order valence-electron chi connectivity index (χ4n) is 6.32. The van der Waals surface area contributed by atoms with Crippen LogP contribution in [0.1, 0.15) is 90.7 Å². The van der Waals surface area contributed by atoms with Crippen molar-refractivity contribution in [1.82, 2.24) is 0 Å². The number of methoxy groups -OCH3 is 2. The lowest BCUT2D eigenvalue weighted by Gasteiger charge is -2.42. The highest BCUT2D eigenvalue weighted by molar-refractivity contribution is 5.75. The van der Waals surface area contributed by atoms with E-state index in [0.717, 1.165) is 35.4 Å². The third-order valence-corrected chi connectivity index (χ3v) is 8.55. The standard InChI is InChI=1S/C31H47NO6/c1-18(2)10-11-25-30(7,38-25)29-28(35-9)24(12-13-31(29)17-36-31)37-26(33)16-32-21-14-22(19(3)4)27(34-8)23(15-21)20(5)6/h10,14-15,19-20,24-25,28-29,32H,11-13,16-17H2,1-9H3/t24-,25-,28-,29-,30+,31+/m1/s1. The summed E-state index contributed by atoms with van der Waals surface area (Å²) in [5, 5.41) is 3.30. The minimum atomic E-state index is -0.351. The number of hydrogen-bond acceptors (Lipinski definition) is 7. The zero-order chi connectivity index (χ0) is 27.8. The van der Waals surface area contributed by atoms with Crippen LogP contribution in [-0.2, 0) is 23.7 Å². The lowest BCUT2D eigenvalue weighted by Crippen LogP contribution is -2.55. The Balaban J connectivity index is 1.44. The Morgan fingerprint density at radius 1 is 1.16 bits per heavy atom. The average Bonchev–Trinajstić information content (AvgIpc) is 3.78. The number of hydrogen-bond donors (Lipinski definition) is 1. The highest BCUT2D eigenvalue weighted by Gasteiger charge is 2.72. The third-order valence-electron chi connectivity index (χ3n) is 8.55. The molecule has 7 nitrogen and oxygen atoms in total. The molecule has 4 rings (SSSR count). The van der Waals surface area contributed by atoms with Crippen LogP contribution in [0, 0.1) is 5.92 Å². The first kappa shape index (κ1) is 28.9. The summed E-state index contributed by atoms with van der Waals surface area (Å²) < 4.78 is 30.1. The lowest BCUT2D eigenvalue weighted by molar-refractivity contribution is -0.170. The largest absolute Gasteiger partial charge is 0.496 e. The molecule has 0 aromatic heterocycles. The van der Waals surface area contributed by atoms with Gasteiger partial charge in [-0.05, 0) is 75.1 Å². The fourth-order valence-corrected chi connectivity index (χ4v) is 6.32. The molecule has 2 saturated heterocycles. The maximum Gasteiger partial charge on any atom is 0.325 e. The average molecular weight is 530 g/mol. The van der Waals surface area contributed by atoms with Gasteiger partial charge in [0.05, 0.1) is 25.7 Å². The minimum absolute atomic E-state index is 0.0128. The summed E-state index contributed by atoms with van der Waals surface area (Å²) >= 11 is 0. The van der Waals surface area contributed by atoms with Crippen LogP contribution in [0.4, 0.5) is 5.69 Å². The quantitative estimate of drug-likeness (QED) is 0.215. The first-order chi connectivity index (χ1) is 18.0. The van der Waals surface area contributed by atoms with E-state index >= 15 is 0 Å². The van der Waals surface area contributed by atoms with E-state index in [1.54, 1.807) is 14.2 Å². The monoisotopic (exact) mass is 529 g/mol. The maximum absolute atomic E-state index is 13.1. The zero-order valence-corrected chi connectivity index (χ0v) is 24.7. The predicted octanol–water partition coefficient (Wildman–Crippen LogP) is 5.97. The molecule has 0 radical (unpaired) electrons. The number of carbonyl (C=O) groups is 1. The van der Waals surface area contributed by atoms with Gasteiger partial charge in [-0.25, -0.2) is 0 Å². The molecule has 1 N–H and O–H groups in total. The summed E-state index contributed by atoms with van der Waals surface area (Å²) in [4.78, 5) is 13.1. The molecular formula is C31H47NO6. The zero-order valence-electron chi connectivity index (χ0n) is 24.7. The van der Waals surface area contributed by atoms with Gasteiger partial charge in [-0.1, -0.05) is 39.3 Å². The second-order valence-electron chi connectivity index (χ2n) is 12.3. The number of carbonyl (C=O) groups excluding carboxylic acids is 1. The van der Waals surface area contributed by atoms with Crippen molar-refractivity contribution in [2.45, 2.75) is 109 Å². The molecule has 38 heavy (non-hydrogen) atoms. The summed E-state index contributed by atoms with van der Waals surface area (Å²) in [5.74, 6) is 1.23. The third kappa shape index (κ3) is 5.75. The Labute approximate surface area is 228 Å². The Morgan fingerprint density at radius 2 is 1.79 bits per heavy atom. The summed E-state index contributed by atoms with van der Waals surface area (Å²) in [6.45, 7) is 15.7. The van der Waals surface area contributed by atoms with Crippen LogP contribution in [0.3, 0.4) is 0 Å². The van der Waals surface area contributed by atoms with Crippen molar-refractivity contribution in [3.63, 3.8) is 0 Å². The number of epoxide rings is 2. The van der Waals surface area contributed by atoms with Crippen LogP contribution in [0.2, 0.25) is 0 Å². The van der Waals surface area contributed by atoms with Crippen molar-refractivity contribution >= 4 is 11.7 Å². The maximum atomic E-state index is 13.1. The molecule has 6 atom stereocenters. The van der Waals surface area contributed by atoms with Crippen molar-refractivity contribution in [2.24, 2.45) is 5.92 Å². The second-order valence-corrected chi connectivity index (χ2v) is 12.3. The molecule has 1 aromatic carbocycles. The number of esters is 1. The van der Waals surface area contributed by atoms with Gasteiger partial charge in [0.25, 0.3) is 0 Å². The summed E-state index contributed by atoms with van der Waals surface area (Å²) in [6.07, 6.45) is 4.15. The molecule has 212 valence electrons. The summed E-state index contributed by atoms with van der Waals surface area (Å²) in [6, 6.07) is 4.15. The summed E-state index contributed by atoms with van der Waals surface area (Å²) in [5.41, 5.74) is 3.84. The molecule has 2 aliphatic heterocycles. The van der Waals surface area contributed by atoms with Crippen LogP contribution in [0.25, 0.3) is 0 Å². The van der Waals surface area contributed by atoms with Crippen LogP contribution in [0.15, 0.2) is 23.8 Å². The Morgan fingerprint density at radius 3 is 2.29 bits per heavy atom. The van der Waals surface area contributed by atoms with Gasteiger partial charge in [0.2, 0.25) is 0 Å². The number of anilines is 1. The molecule has 1 spiro atoms. The molecule has 0 unspecified atom stereocenters. The smallest absolute Gasteiger partial charge is 0.325 e. The molecule has 0 bridgehead atoms. The first-order valence-corrected chi connectivity index (χ1v) is 14.1. The predicted molar refractivity (Wildman–Crippen MR) is 149 cm³/mol. The van der Waals surface area contributed by atoms with E-state index in [4.69, 9.17) is 23.7 Å². The number of allylic oxidation sites excluding steroid dienone is 1. The Kier molecular flexibility index (Phi) is 8.51. The normalized spacial score (nSPS) is 31.9. The molecule has 2 heterocycles. The molecule has 3 fully saturated rings. The molecule has 0 amide bonds. The molecule has 7 heteroatoms. The van der Waals surface area contributed by atoms with Crippen LogP contribution < -0.4 is 10.1 Å². The van der Waals surface area contributed by atoms with Crippen LogP contribution in [0.5, 0.6) is 5.75 Å². The second kappa shape index (κ2) is 11.2. The van der Waals surface area contributed by atoms with Gasteiger partial charge in [-0.15, -0.1) is 0 Å². The van der Waals surface area contributed by atoms with E-state index in [0.29, 0.717) is 24.9 Å². The van der Waals surface area contributed by atoms with Crippen molar-refractivity contribution < 1.29 is 28.5 Å². The van der Waals surface area contributed by atoms with E-state index < -0.39 is 0 Å². The number of rotatable bonds is 11. The number of nitrogens with one attached hydrogen (secondary N) is 1. The van der Waals surface area contributed by atoms with Crippen molar-refractivity contribution in [1.29, 1.82) is 0 Å². The molecular weight excluding hydrogens is 482 g/mol. The van der Waals surface area contributed by atoms with Crippen LogP contribution in [-0.4, -0.2) is 62.9 Å². The Hall–Kier alpha value is -2.09. The van der Waals surface area contributed by atoms with Gasteiger partial charge < -0.3 is 29.0 Å². The summed E-state index contributed by atoms with van der Waals surface area (Å²) in [7, 11) is 3.42. The highest BCUT2D eigenvalue weighted by Crippen LogP contribution is 2.59. The van der Waals surface area contributed by atoms with Gasteiger partial charge in [0, 0.05) is 12.8 Å². The van der Waals surface area contributed by atoms with E-state index in [1.807, 2.05) is 0 Å². The van der Waals surface area contributed by atoms with Gasteiger partial charge in [0.15, 0.2) is 0 Å². The minimum Gasteiger partial charge on any atom is -0.496 e. The van der Waals surface area contributed by atoms with E-state index in [9.17, 15) is 4.79 Å². The van der Waals surface area contributed by atoms with E-state index in [-0.39, 0.29) is 47.9 Å². The van der Waals surface area contributed by atoms with E-state index in [1.165, 1.54) is 5.57 Å². The molecule has 1 aliphatic carbocycles. The van der Waals surface area contributed by atoms with Crippen molar-refractivity contribution in [2.75, 3.05) is 32.7 Å². The van der Waals surface area contributed by atoms with Gasteiger partial charge >= 0.3 is 5.97 Å². The van der Waals surface area contributed by atoms with Gasteiger partial charge in [-0.3, -0.25) is 4.79 Å². The first-order valence-electron chi connectivity index (χ1n) is 14.1. The Bertz CT molecular complexity index is 1010. The van der Waals surface area contributed by atoms with Gasteiger partial charge in [0.1, 0.15) is 35.7 Å². The van der Waals surface area contributed by atoms with E-state index in [2.05, 4.69) is 72.0 Å². The molecule has 1 saturated carbocycles. The molecule has 1 aromatic rings. The topological polar surface area (TPSA) is 81.9 Å². The highest BCUT2D eigenvalue weighted by atomic mass is 16.6. The van der Waals surface area contributed by atoms with Crippen LogP contribution >= 0.6 is 0 Å². The molecule has 3 aliphatic rings.